The predicted octanol–water partition coefficient (Wildman–Crippen LogP) is 5.77. The van der Waals surface area contributed by atoms with Gasteiger partial charge in [-0.3, -0.25) is 13.9 Å². The SMILES string of the molecule is COc1nc(-c2cccc(-c3cccc([N+](C)(C)c4nc(C)nc5c4c(=O)n(C)c(=O)n5C)c3Cl)c2Cl)cc2c1CCC2. The molecule has 3 aromatic heterocycles. The summed E-state index contributed by atoms with van der Waals surface area (Å²) in [5.74, 6) is 1.49. The van der Waals surface area contributed by atoms with E-state index in [4.69, 9.17) is 37.9 Å². The first-order chi connectivity index (χ1) is 20.4. The molecule has 2 aromatic carbocycles. The molecule has 0 N–H and O–H groups in total. The second-order valence-corrected chi connectivity index (χ2v) is 12.0. The molecule has 3 heterocycles. The molecule has 0 aliphatic heterocycles. The van der Waals surface area contributed by atoms with Gasteiger partial charge in [0.15, 0.2) is 16.7 Å². The van der Waals surface area contributed by atoms with Crippen molar-refractivity contribution in [2.45, 2.75) is 26.2 Å². The third-order valence-corrected chi connectivity index (χ3v) is 9.12. The third-order valence-electron chi connectivity index (χ3n) is 8.31. The summed E-state index contributed by atoms with van der Waals surface area (Å²) in [7, 11) is 8.48. The Balaban J connectivity index is 1.53. The van der Waals surface area contributed by atoms with Crippen molar-refractivity contribution >= 4 is 45.7 Å². The van der Waals surface area contributed by atoms with E-state index in [2.05, 4.69) is 11.1 Å². The van der Waals surface area contributed by atoms with Crippen molar-refractivity contribution < 1.29 is 4.74 Å². The Morgan fingerprint density at radius 3 is 2.28 bits per heavy atom. The molecule has 0 radical (unpaired) electrons. The van der Waals surface area contributed by atoms with Crippen LogP contribution in [0.5, 0.6) is 5.88 Å². The molecular formula is C32H31Cl2N6O3+. The van der Waals surface area contributed by atoms with Crippen LogP contribution < -0.4 is 20.5 Å². The average molecular weight is 619 g/mol. The summed E-state index contributed by atoms with van der Waals surface area (Å²) in [6, 6.07) is 13.6. The van der Waals surface area contributed by atoms with Gasteiger partial charge in [0.2, 0.25) is 5.88 Å². The quantitative estimate of drug-likeness (QED) is 0.233. The molecule has 1 aliphatic rings. The van der Waals surface area contributed by atoms with E-state index in [0.29, 0.717) is 33.3 Å². The predicted molar refractivity (Wildman–Crippen MR) is 172 cm³/mol. The lowest BCUT2D eigenvalue weighted by Crippen LogP contribution is -2.41. The maximum Gasteiger partial charge on any atom is 0.332 e. The molecule has 9 nitrogen and oxygen atoms in total. The van der Waals surface area contributed by atoms with E-state index >= 15 is 0 Å². The third kappa shape index (κ3) is 4.54. The highest BCUT2D eigenvalue weighted by atomic mass is 35.5. The molecule has 220 valence electrons. The van der Waals surface area contributed by atoms with Gasteiger partial charge in [0.1, 0.15) is 10.8 Å². The monoisotopic (exact) mass is 617 g/mol. The number of hydrogen-bond donors (Lipinski definition) is 0. The Kier molecular flexibility index (Phi) is 7.15. The summed E-state index contributed by atoms with van der Waals surface area (Å²) in [4.78, 5) is 40.0. The van der Waals surface area contributed by atoms with Crippen LogP contribution in [0.25, 0.3) is 33.4 Å². The number of nitrogens with zero attached hydrogens (tertiary/aromatic N) is 6. The van der Waals surface area contributed by atoms with Crippen LogP contribution in [0, 0.1) is 6.92 Å². The molecule has 5 aromatic rings. The number of quaternary nitrogens is 1. The maximum atomic E-state index is 13.4. The molecule has 11 heteroatoms. The van der Waals surface area contributed by atoms with Crippen LogP contribution in [0.15, 0.2) is 52.1 Å². The van der Waals surface area contributed by atoms with Crippen molar-refractivity contribution in [1.29, 1.82) is 0 Å². The van der Waals surface area contributed by atoms with E-state index in [0.717, 1.165) is 51.8 Å². The number of rotatable bonds is 5. The van der Waals surface area contributed by atoms with Gasteiger partial charge >= 0.3 is 5.69 Å². The largest absolute Gasteiger partial charge is 0.481 e. The van der Waals surface area contributed by atoms with Gasteiger partial charge in [-0.25, -0.2) is 19.2 Å². The number of aromatic nitrogens is 5. The Hall–Kier alpha value is -4.05. The number of fused-ring (bicyclic) bond motifs is 2. The lowest BCUT2D eigenvalue weighted by atomic mass is 9.99. The zero-order chi connectivity index (χ0) is 30.8. The van der Waals surface area contributed by atoms with Crippen LogP contribution in [0.3, 0.4) is 0 Å². The summed E-state index contributed by atoms with van der Waals surface area (Å²) in [6.45, 7) is 1.73. The van der Waals surface area contributed by atoms with Gasteiger partial charge in [-0.1, -0.05) is 53.5 Å². The fraction of sp³-hybridized carbons (Fsp3) is 0.281. The normalized spacial score (nSPS) is 13.0. The Labute approximate surface area is 258 Å². The zero-order valence-corrected chi connectivity index (χ0v) is 26.3. The summed E-state index contributed by atoms with van der Waals surface area (Å²) in [5, 5.41) is 1.22. The molecule has 0 saturated carbocycles. The Bertz CT molecular complexity index is 2080. The number of pyridine rings is 1. The molecule has 0 bridgehead atoms. The highest BCUT2D eigenvalue weighted by Crippen LogP contribution is 2.45. The second-order valence-electron chi connectivity index (χ2n) is 11.3. The molecular weight excluding hydrogens is 587 g/mol. The van der Waals surface area contributed by atoms with Gasteiger partial charge < -0.3 is 4.74 Å². The molecule has 1 aliphatic carbocycles. The van der Waals surface area contributed by atoms with Crippen molar-refractivity contribution in [2.75, 3.05) is 21.2 Å². The molecule has 6 rings (SSSR count). The number of aryl methyl sites for hydroxylation is 3. The van der Waals surface area contributed by atoms with Gasteiger partial charge in [-0.15, -0.1) is 0 Å². The molecule has 0 spiro atoms. The van der Waals surface area contributed by atoms with E-state index in [-0.39, 0.29) is 15.5 Å². The Morgan fingerprint density at radius 1 is 0.884 bits per heavy atom. The number of hydrogen-bond acceptors (Lipinski definition) is 6. The summed E-state index contributed by atoms with van der Waals surface area (Å²) in [6.07, 6.45) is 3.01. The standard InChI is InChI=1S/C32H31Cl2N6O3/c1-17-35-28-25(31(41)39(3)32(42)38(28)2)29(36-17)40(4,5)24-15-9-13-21(27(24)34)20-12-8-14-22(26(20)33)23-16-18-10-7-11-19(18)30(37-23)43-6/h8-9,12-16H,7,10-11H2,1-6H3/q+1. The van der Waals surface area contributed by atoms with Crippen LogP contribution >= 0.6 is 23.2 Å². The summed E-state index contributed by atoms with van der Waals surface area (Å²) in [5.41, 5.74) is 5.42. The van der Waals surface area contributed by atoms with Crippen LogP contribution in [-0.4, -0.2) is 45.3 Å². The number of methoxy groups -OCH3 is 1. The first-order valence-corrected chi connectivity index (χ1v) is 14.6. The topological polar surface area (TPSA) is 91.9 Å². The summed E-state index contributed by atoms with van der Waals surface area (Å²) >= 11 is 14.3. The first-order valence-electron chi connectivity index (χ1n) is 13.9. The summed E-state index contributed by atoms with van der Waals surface area (Å²) < 4.78 is 8.07. The van der Waals surface area contributed by atoms with E-state index in [1.807, 2.05) is 50.5 Å². The van der Waals surface area contributed by atoms with E-state index < -0.39 is 11.2 Å². The zero-order valence-electron chi connectivity index (χ0n) is 24.8. The second kappa shape index (κ2) is 10.6. The fourth-order valence-electron chi connectivity index (χ4n) is 6.02. The molecule has 0 atom stereocenters. The highest BCUT2D eigenvalue weighted by Gasteiger charge is 2.34. The van der Waals surface area contributed by atoms with E-state index in [1.54, 1.807) is 21.1 Å². The molecule has 0 unspecified atom stereocenters. The van der Waals surface area contributed by atoms with Gasteiger partial charge in [-0.2, -0.15) is 4.98 Å². The van der Waals surface area contributed by atoms with Crippen molar-refractivity contribution in [2.24, 2.45) is 14.1 Å². The number of halogens is 2. The number of ether oxygens (including phenoxy) is 1. The first kappa shape index (κ1) is 29.0. The fourth-order valence-corrected chi connectivity index (χ4v) is 6.78. The molecule has 0 fully saturated rings. The van der Waals surface area contributed by atoms with Crippen molar-refractivity contribution in [3.63, 3.8) is 0 Å². The van der Waals surface area contributed by atoms with Gasteiger partial charge in [0.05, 0.1) is 31.9 Å². The molecule has 43 heavy (non-hydrogen) atoms. The van der Waals surface area contributed by atoms with Gasteiger partial charge in [-0.05, 0) is 37.8 Å². The van der Waals surface area contributed by atoms with Gasteiger partial charge in [0, 0.05) is 42.4 Å². The van der Waals surface area contributed by atoms with E-state index in [9.17, 15) is 9.59 Å². The van der Waals surface area contributed by atoms with E-state index in [1.165, 1.54) is 17.2 Å². The minimum Gasteiger partial charge on any atom is -0.481 e. The van der Waals surface area contributed by atoms with Crippen molar-refractivity contribution in [3.8, 4) is 28.3 Å². The maximum absolute atomic E-state index is 13.4. The van der Waals surface area contributed by atoms with Crippen molar-refractivity contribution in [1.82, 2.24) is 28.6 Å². The smallest absolute Gasteiger partial charge is 0.332 e. The number of benzene rings is 2. The van der Waals surface area contributed by atoms with Crippen LogP contribution in [0.2, 0.25) is 10.0 Å². The van der Waals surface area contributed by atoms with Gasteiger partial charge in [0.25, 0.3) is 11.4 Å². The van der Waals surface area contributed by atoms with Crippen LogP contribution in [0.4, 0.5) is 11.5 Å². The minimum atomic E-state index is -0.473. The lowest BCUT2D eigenvalue weighted by Gasteiger charge is -2.30. The van der Waals surface area contributed by atoms with Crippen LogP contribution in [0.1, 0.15) is 23.4 Å². The molecule has 0 saturated heterocycles. The highest BCUT2D eigenvalue weighted by molar-refractivity contribution is 6.39. The minimum absolute atomic E-state index is 0.0147. The van der Waals surface area contributed by atoms with Crippen LogP contribution in [-0.2, 0) is 26.9 Å². The lowest BCUT2D eigenvalue weighted by molar-refractivity contribution is 0.394. The molecule has 0 amide bonds. The van der Waals surface area contributed by atoms with Crippen molar-refractivity contribution in [3.05, 3.63) is 90.3 Å². The average Bonchev–Trinajstić information content (AvgIpc) is 3.47. The Morgan fingerprint density at radius 2 is 1.56 bits per heavy atom.